The van der Waals surface area contributed by atoms with Crippen molar-refractivity contribution >= 4 is 17.2 Å². The summed E-state index contributed by atoms with van der Waals surface area (Å²) in [7, 11) is 0. The van der Waals surface area contributed by atoms with Gasteiger partial charge in [0.2, 0.25) is 0 Å². The van der Waals surface area contributed by atoms with Gasteiger partial charge >= 0.3 is 0 Å². The molecule has 0 radical (unpaired) electrons. The predicted molar refractivity (Wildman–Crippen MR) is 66.3 cm³/mol. The molecule has 2 heterocycles. The number of aromatic nitrogens is 1. The summed E-state index contributed by atoms with van der Waals surface area (Å²) in [6, 6.07) is 3.96. The summed E-state index contributed by atoms with van der Waals surface area (Å²) in [6.07, 6.45) is 6.79. The van der Waals surface area contributed by atoms with Gasteiger partial charge in [0.05, 0.1) is 0 Å². The molecule has 3 rings (SSSR count). The molecule has 0 bridgehead atoms. The lowest BCUT2D eigenvalue weighted by Gasteiger charge is -2.26. The van der Waals surface area contributed by atoms with E-state index in [9.17, 15) is 0 Å². The molecule has 0 spiro atoms. The van der Waals surface area contributed by atoms with Crippen molar-refractivity contribution in [2.75, 3.05) is 13.1 Å². The molecule has 2 aliphatic rings. The zero-order valence-electron chi connectivity index (χ0n) is 9.12. The second kappa shape index (κ2) is 4.19. The van der Waals surface area contributed by atoms with E-state index >= 15 is 0 Å². The molecule has 1 aliphatic heterocycles. The lowest BCUT2D eigenvalue weighted by atomic mass is 9.78. The fourth-order valence-electron chi connectivity index (χ4n) is 2.88. The minimum Gasteiger partial charge on any atom is -0.316 e. The van der Waals surface area contributed by atoms with E-state index in [1.54, 1.807) is 0 Å². The van der Waals surface area contributed by atoms with Gasteiger partial charge < -0.3 is 5.32 Å². The SMILES string of the molecule is Clc1ccc(C2=CCC[C@@H]3CNC[C@H]23)cn1. The molecule has 0 aromatic carbocycles. The highest BCUT2D eigenvalue weighted by molar-refractivity contribution is 6.29. The molecule has 0 unspecified atom stereocenters. The lowest BCUT2D eigenvalue weighted by molar-refractivity contribution is 0.454. The summed E-state index contributed by atoms with van der Waals surface area (Å²) in [5.41, 5.74) is 2.70. The van der Waals surface area contributed by atoms with Crippen molar-refractivity contribution in [1.82, 2.24) is 10.3 Å². The summed E-state index contributed by atoms with van der Waals surface area (Å²) in [4.78, 5) is 4.17. The van der Waals surface area contributed by atoms with Gasteiger partial charge in [-0.05, 0) is 42.5 Å². The van der Waals surface area contributed by atoms with Gasteiger partial charge in [0.1, 0.15) is 5.15 Å². The van der Waals surface area contributed by atoms with E-state index in [1.165, 1.54) is 30.5 Å². The number of halogens is 1. The van der Waals surface area contributed by atoms with Crippen LogP contribution in [0.5, 0.6) is 0 Å². The van der Waals surface area contributed by atoms with Gasteiger partial charge in [-0.3, -0.25) is 0 Å². The van der Waals surface area contributed by atoms with E-state index in [2.05, 4.69) is 22.4 Å². The van der Waals surface area contributed by atoms with E-state index in [0.29, 0.717) is 11.1 Å². The maximum absolute atomic E-state index is 5.82. The molecule has 0 amide bonds. The standard InChI is InChI=1S/C13H15ClN2/c14-13-5-4-10(7-16-13)11-3-1-2-9-6-15-8-12(9)11/h3-5,7,9,12,15H,1-2,6,8H2/t9-,12+/m1/s1. The average molecular weight is 235 g/mol. The van der Waals surface area contributed by atoms with E-state index in [1.807, 2.05) is 12.3 Å². The van der Waals surface area contributed by atoms with Crippen LogP contribution in [0.1, 0.15) is 18.4 Å². The topological polar surface area (TPSA) is 24.9 Å². The zero-order valence-corrected chi connectivity index (χ0v) is 9.87. The Labute approximate surface area is 101 Å². The third-order valence-corrected chi connectivity index (χ3v) is 3.93. The highest BCUT2D eigenvalue weighted by Crippen LogP contribution is 2.38. The van der Waals surface area contributed by atoms with Crippen molar-refractivity contribution in [3.8, 4) is 0 Å². The third-order valence-electron chi connectivity index (χ3n) is 3.70. The van der Waals surface area contributed by atoms with Crippen molar-refractivity contribution in [2.45, 2.75) is 12.8 Å². The fourth-order valence-corrected chi connectivity index (χ4v) is 2.99. The first-order valence-electron chi connectivity index (χ1n) is 5.87. The van der Waals surface area contributed by atoms with E-state index in [0.717, 1.165) is 12.5 Å². The molecule has 1 N–H and O–H groups in total. The molecule has 1 fully saturated rings. The van der Waals surface area contributed by atoms with Gasteiger partial charge in [0.15, 0.2) is 0 Å². The number of allylic oxidation sites excluding steroid dienone is 1. The van der Waals surface area contributed by atoms with Crippen LogP contribution >= 0.6 is 11.6 Å². The zero-order chi connectivity index (χ0) is 11.0. The predicted octanol–water partition coefficient (Wildman–Crippen LogP) is 2.75. The molecule has 1 aromatic rings. The summed E-state index contributed by atoms with van der Waals surface area (Å²) in [6.45, 7) is 2.28. The van der Waals surface area contributed by atoms with Crippen LogP contribution in [0.15, 0.2) is 24.4 Å². The monoisotopic (exact) mass is 234 g/mol. The first kappa shape index (κ1) is 10.3. The van der Waals surface area contributed by atoms with Gasteiger partial charge in [0.25, 0.3) is 0 Å². The number of pyridine rings is 1. The Morgan fingerprint density at radius 2 is 2.25 bits per heavy atom. The van der Waals surface area contributed by atoms with Crippen LogP contribution in [0.2, 0.25) is 5.15 Å². The largest absolute Gasteiger partial charge is 0.316 e. The van der Waals surface area contributed by atoms with Gasteiger partial charge in [-0.1, -0.05) is 23.7 Å². The Kier molecular flexibility index (Phi) is 2.70. The Balaban J connectivity index is 1.93. The molecular formula is C13H15ClN2. The average Bonchev–Trinajstić information content (AvgIpc) is 2.78. The molecule has 0 saturated carbocycles. The highest BCUT2D eigenvalue weighted by Gasteiger charge is 2.32. The third kappa shape index (κ3) is 1.76. The number of nitrogens with zero attached hydrogens (tertiary/aromatic N) is 1. The fraction of sp³-hybridized carbons (Fsp3) is 0.462. The van der Waals surface area contributed by atoms with Crippen molar-refractivity contribution < 1.29 is 0 Å². The smallest absolute Gasteiger partial charge is 0.129 e. The molecule has 84 valence electrons. The minimum atomic E-state index is 0.571. The second-order valence-corrected chi connectivity index (χ2v) is 5.02. The first-order valence-corrected chi connectivity index (χ1v) is 6.25. The number of fused-ring (bicyclic) bond motifs is 1. The number of hydrogen-bond acceptors (Lipinski definition) is 2. The normalized spacial score (nSPS) is 28.7. The molecular weight excluding hydrogens is 220 g/mol. The second-order valence-electron chi connectivity index (χ2n) is 4.63. The van der Waals surface area contributed by atoms with Crippen LogP contribution in [0.25, 0.3) is 5.57 Å². The highest BCUT2D eigenvalue weighted by atomic mass is 35.5. The molecule has 16 heavy (non-hydrogen) atoms. The molecule has 2 atom stereocenters. The summed E-state index contributed by atoms with van der Waals surface area (Å²) in [5.74, 6) is 1.49. The summed E-state index contributed by atoms with van der Waals surface area (Å²) >= 11 is 5.82. The quantitative estimate of drug-likeness (QED) is 0.756. The van der Waals surface area contributed by atoms with E-state index in [4.69, 9.17) is 11.6 Å². The van der Waals surface area contributed by atoms with Crippen LogP contribution in [-0.4, -0.2) is 18.1 Å². The Bertz CT molecular complexity index is 410. The Hall–Kier alpha value is -0.860. The van der Waals surface area contributed by atoms with Crippen molar-refractivity contribution in [3.05, 3.63) is 35.1 Å². The summed E-state index contributed by atoms with van der Waals surface area (Å²) < 4.78 is 0. The van der Waals surface area contributed by atoms with Crippen LogP contribution in [-0.2, 0) is 0 Å². The maximum atomic E-state index is 5.82. The van der Waals surface area contributed by atoms with E-state index in [-0.39, 0.29) is 0 Å². The lowest BCUT2D eigenvalue weighted by Crippen LogP contribution is -2.17. The van der Waals surface area contributed by atoms with Gasteiger partial charge in [-0.25, -0.2) is 4.98 Å². The van der Waals surface area contributed by atoms with Crippen molar-refractivity contribution in [3.63, 3.8) is 0 Å². The number of hydrogen-bond donors (Lipinski definition) is 1. The number of rotatable bonds is 1. The maximum Gasteiger partial charge on any atom is 0.129 e. The van der Waals surface area contributed by atoms with E-state index < -0.39 is 0 Å². The van der Waals surface area contributed by atoms with Gasteiger partial charge in [0, 0.05) is 18.7 Å². The number of nitrogens with one attached hydrogen (secondary N) is 1. The first-order chi connectivity index (χ1) is 7.84. The Morgan fingerprint density at radius 1 is 1.31 bits per heavy atom. The minimum absolute atomic E-state index is 0.571. The van der Waals surface area contributed by atoms with Crippen LogP contribution < -0.4 is 5.32 Å². The molecule has 1 aliphatic carbocycles. The van der Waals surface area contributed by atoms with Gasteiger partial charge in [-0.2, -0.15) is 0 Å². The van der Waals surface area contributed by atoms with Crippen LogP contribution in [0.3, 0.4) is 0 Å². The van der Waals surface area contributed by atoms with Crippen molar-refractivity contribution in [1.29, 1.82) is 0 Å². The molecule has 3 heteroatoms. The Morgan fingerprint density at radius 3 is 3.06 bits per heavy atom. The van der Waals surface area contributed by atoms with Crippen LogP contribution in [0.4, 0.5) is 0 Å². The molecule has 2 nitrogen and oxygen atoms in total. The van der Waals surface area contributed by atoms with Crippen LogP contribution in [0, 0.1) is 11.8 Å². The summed E-state index contributed by atoms with van der Waals surface area (Å²) in [5, 5.41) is 4.06. The molecule has 1 saturated heterocycles. The van der Waals surface area contributed by atoms with Crippen molar-refractivity contribution in [2.24, 2.45) is 11.8 Å². The molecule has 1 aromatic heterocycles. The van der Waals surface area contributed by atoms with Gasteiger partial charge in [-0.15, -0.1) is 0 Å².